The fraction of sp³-hybridized carbons (Fsp3) is 0.261. The number of amides is 1. The standard InChI is InChI=1S/C23H28N6O.HI/c1-24-23(26-17-19-5-9-20(10-6-19)22(30)28(2)3)25-15-13-18-7-11-21(12-8-18)29-16-4-14-27-29;/h4-12,14,16H,13,15,17H2,1-3H3,(H2,24,25,26);1H. The summed E-state index contributed by atoms with van der Waals surface area (Å²) in [5.74, 6) is 0.751. The van der Waals surface area contributed by atoms with Crippen LogP contribution in [0.5, 0.6) is 0 Å². The highest BCUT2D eigenvalue weighted by molar-refractivity contribution is 14.0. The van der Waals surface area contributed by atoms with Crippen LogP contribution in [0, 0.1) is 0 Å². The van der Waals surface area contributed by atoms with Crippen molar-refractivity contribution in [1.82, 2.24) is 25.3 Å². The number of halogens is 1. The van der Waals surface area contributed by atoms with E-state index in [-0.39, 0.29) is 29.9 Å². The number of hydrogen-bond donors (Lipinski definition) is 2. The Bertz CT molecular complexity index is 966. The first-order valence-electron chi connectivity index (χ1n) is 9.91. The number of nitrogens with zero attached hydrogens (tertiary/aromatic N) is 4. The Labute approximate surface area is 200 Å². The molecule has 0 atom stereocenters. The zero-order valence-electron chi connectivity index (χ0n) is 18.1. The van der Waals surface area contributed by atoms with Crippen LogP contribution in [-0.2, 0) is 13.0 Å². The Morgan fingerprint density at radius 3 is 2.29 bits per heavy atom. The van der Waals surface area contributed by atoms with Crippen molar-refractivity contribution in [3.8, 4) is 5.69 Å². The first-order valence-corrected chi connectivity index (χ1v) is 9.91. The maximum atomic E-state index is 12.0. The van der Waals surface area contributed by atoms with Crippen LogP contribution in [0.2, 0.25) is 0 Å². The molecule has 0 unspecified atom stereocenters. The van der Waals surface area contributed by atoms with Gasteiger partial charge in [-0.25, -0.2) is 4.68 Å². The van der Waals surface area contributed by atoms with Gasteiger partial charge in [-0.3, -0.25) is 9.79 Å². The van der Waals surface area contributed by atoms with Gasteiger partial charge in [-0.05, 0) is 47.9 Å². The van der Waals surface area contributed by atoms with E-state index >= 15 is 0 Å². The number of benzene rings is 2. The van der Waals surface area contributed by atoms with Crippen molar-refractivity contribution in [2.75, 3.05) is 27.7 Å². The van der Waals surface area contributed by atoms with Crippen LogP contribution in [0.3, 0.4) is 0 Å². The van der Waals surface area contributed by atoms with E-state index < -0.39 is 0 Å². The highest BCUT2D eigenvalue weighted by Gasteiger charge is 2.07. The largest absolute Gasteiger partial charge is 0.356 e. The number of carbonyl (C=O) groups is 1. The zero-order valence-corrected chi connectivity index (χ0v) is 20.4. The van der Waals surface area contributed by atoms with Gasteiger partial charge in [0.2, 0.25) is 0 Å². The Morgan fingerprint density at radius 2 is 1.71 bits per heavy atom. The van der Waals surface area contributed by atoms with Gasteiger partial charge in [-0.1, -0.05) is 24.3 Å². The fourth-order valence-electron chi connectivity index (χ4n) is 2.99. The molecule has 0 saturated heterocycles. The zero-order chi connectivity index (χ0) is 21.3. The highest BCUT2D eigenvalue weighted by Crippen LogP contribution is 2.09. The average molecular weight is 532 g/mol. The second kappa shape index (κ2) is 12.1. The second-order valence-electron chi connectivity index (χ2n) is 7.12. The summed E-state index contributed by atoms with van der Waals surface area (Å²) in [7, 11) is 5.26. The molecule has 0 aliphatic rings. The minimum atomic E-state index is 0. The minimum absolute atomic E-state index is 0. The molecule has 2 aromatic carbocycles. The molecular weight excluding hydrogens is 503 g/mol. The minimum Gasteiger partial charge on any atom is -0.356 e. The van der Waals surface area contributed by atoms with E-state index in [0.29, 0.717) is 12.1 Å². The molecule has 31 heavy (non-hydrogen) atoms. The maximum absolute atomic E-state index is 12.0. The topological polar surface area (TPSA) is 74.5 Å². The van der Waals surface area contributed by atoms with Gasteiger partial charge in [-0.15, -0.1) is 24.0 Å². The van der Waals surface area contributed by atoms with E-state index in [4.69, 9.17) is 0 Å². The Hall–Kier alpha value is -2.88. The summed E-state index contributed by atoms with van der Waals surface area (Å²) in [6.07, 6.45) is 4.59. The van der Waals surface area contributed by atoms with Crippen molar-refractivity contribution < 1.29 is 4.79 Å². The lowest BCUT2D eigenvalue weighted by atomic mass is 10.1. The van der Waals surface area contributed by atoms with E-state index in [0.717, 1.165) is 30.2 Å². The number of rotatable bonds is 7. The monoisotopic (exact) mass is 532 g/mol. The molecule has 0 bridgehead atoms. The van der Waals surface area contributed by atoms with Crippen molar-refractivity contribution >= 4 is 35.8 Å². The summed E-state index contributed by atoms with van der Waals surface area (Å²) in [4.78, 5) is 17.8. The van der Waals surface area contributed by atoms with Crippen molar-refractivity contribution in [2.24, 2.45) is 4.99 Å². The third-order valence-electron chi connectivity index (χ3n) is 4.70. The molecule has 3 rings (SSSR count). The first-order chi connectivity index (χ1) is 14.6. The molecular formula is C23H29IN6O. The highest BCUT2D eigenvalue weighted by atomic mass is 127. The van der Waals surface area contributed by atoms with E-state index in [2.05, 4.69) is 45.0 Å². The van der Waals surface area contributed by atoms with E-state index in [9.17, 15) is 4.79 Å². The molecule has 1 aromatic heterocycles. The first kappa shape index (κ1) is 24.4. The summed E-state index contributed by atoms with van der Waals surface area (Å²) < 4.78 is 1.84. The SMILES string of the molecule is CN=C(NCCc1ccc(-n2cccn2)cc1)NCc1ccc(C(=O)N(C)C)cc1.I. The van der Waals surface area contributed by atoms with Crippen molar-refractivity contribution in [2.45, 2.75) is 13.0 Å². The van der Waals surface area contributed by atoms with Gasteiger partial charge >= 0.3 is 0 Å². The molecule has 1 amide bonds. The van der Waals surface area contributed by atoms with Gasteiger partial charge in [0.15, 0.2) is 5.96 Å². The van der Waals surface area contributed by atoms with Crippen LogP contribution in [0.1, 0.15) is 21.5 Å². The van der Waals surface area contributed by atoms with Gasteiger partial charge in [0.25, 0.3) is 5.91 Å². The van der Waals surface area contributed by atoms with Crippen LogP contribution in [0.15, 0.2) is 72.0 Å². The predicted molar refractivity (Wildman–Crippen MR) is 135 cm³/mol. The van der Waals surface area contributed by atoms with Crippen LogP contribution in [-0.4, -0.2) is 54.2 Å². The van der Waals surface area contributed by atoms with E-state index in [1.807, 2.05) is 41.2 Å². The van der Waals surface area contributed by atoms with Gasteiger partial charge in [0, 0.05) is 52.2 Å². The normalized spacial score (nSPS) is 10.9. The summed E-state index contributed by atoms with van der Waals surface area (Å²) in [6, 6.07) is 17.9. The smallest absolute Gasteiger partial charge is 0.253 e. The predicted octanol–water partition coefficient (Wildman–Crippen LogP) is 3.10. The van der Waals surface area contributed by atoms with Gasteiger partial charge in [0.05, 0.1) is 5.69 Å². The number of nitrogens with one attached hydrogen (secondary N) is 2. The molecule has 0 spiro atoms. The fourth-order valence-corrected chi connectivity index (χ4v) is 2.99. The van der Waals surface area contributed by atoms with E-state index in [1.165, 1.54) is 5.56 Å². The molecule has 0 radical (unpaired) electrons. The summed E-state index contributed by atoms with van der Waals surface area (Å²) in [5, 5.41) is 10.9. The summed E-state index contributed by atoms with van der Waals surface area (Å²) in [5.41, 5.74) is 4.06. The Kier molecular flexibility index (Phi) is 9.51. The van der Waals surface area contributed by atoms with E-state index in [1.54, 1.807) is 32.2 Å². The van der Waals surface area contributed by atoms with Crippen molar-refractivity contribution in [3.05, 3.63) is 83.7 Å². The number of hydrogen-bond acceptors (Lipinski definition) is 3. The number of guanidine groups is 1. The second-order valence-corrected chi connectivity index (χ2v) is 7.12. The van der Waals surface area contributed by atoms with Gasteiger partial charge < -0.3 is 15.5 Å². The molecule has 2 N–H and O–H groups in total. The lowest BCUT2D eigenvalue weighted by molar-refractivity contribution is 0.0827. The molecule has 164 valence electrons. The molecule has 0 aliphatic heterocycles. The van der Waals surface area contributed by atoms with Gasteiger partial charge in [-0.2, -0.15) is 5.10 Å². The molecule has 0 saturated carbocycles. The van der Waals surface area contributed by atoms with Crippen LogP contribution < -0.4 is 10.6 Å². The van der Waals surface area contributed by atoms with Gasteiger partial charge in [0.1, 0.15) is 0 Å². The molecule has 3 aromatic rings. The average Bonchev–Trinajstić information content (AvgIpc) is 3.31. The lowest BCUT2D eigenvalue weighted by Gasteiger charge is -2.13. The number of carbonyl (C=O) groups excluding carboxylic acids is 1. The Morgan fingerprint density at radius 1 is 1.03 bits per heavy atom. The summed E-state index contributed by atoms with van der Waals surface area (Å²) in [6.45, 7) is 1.41. The number of aromatic nitrogens is 2. The molecule has 7 nitrogen and oxygen atoms in total. The van der Waals surface area contributed by atoms with Crippen molar-refractivity contribution in [3.63, 3.8) is 0 Å². The van der Waals surface area contributed by atoms with Crippen molar-refractivity contribution in [1.29, 1.82) is 0 Å². The molecule has 1 heterocycles. The molecule has 0 fully saturated rings. The number of aliphatic imine (C=N–C) groups is 1. The quantitative estimate of drug-likeness (QED) is 0.279. The Balaban J connectivity index is 0.00000341. The molecule has 8 heteroatoms. The van der Waals surface area contributed by atoms with Crippen LogP contribution >= 0.6 is 24.0 Å². The van der Waals surface area contributed by atoms with Crippen LogP contribution in [0.4, 0.5) is 0 Å². The maximum Gasteiger partial charge on any atom is 0.253 e. The summed E-state index contributed by atoms with van der Waals surface area (Å²) >= 11 is 0. The third-order valence-corrected chi connectivity index (χ3v) is 4.70. The third kappa shape index (κ3) is 7.09. The molecule has 0 aliphatic carbocycles. The lowest BCUT2D eigenvalue weighted by Crippen LogP contribution is -2.37. The van der Waals surface area contributed by atoms with Crippen LogP contribution in [0.25, 0.3) is 5.69 Å².